The van der Waals surface area contributed by atoms with Crippen LogP contribution in [0.4, 0.5) is 0 Å². The first kappa shape index (κ1) is 8.52. The first-order valence-electron chi connectivity index (χ1n) is 5.26. The molecule has 2 heteroatoms. The van der Waals surface area contributed by atoms with E-state index < -0.39 is 0 Å². The van der Waals surface area contributed by atoms with Gasteiger partial charge in [0, 0.05) is 19.1 Å². The van der Waals surface area contributed by atoms with Gasteiger partial charge in [0.25, 0.3) is 0 Å². The summed E-state index contributed by atoms with van der Waals surface area (Å²) in [5.74, 6) is 1.91. The molecule has 0 bridgehead atoms. The molecule has 2 nitrogen and oxygen atoms in total. The molecular formula is C10H20N2. The molecule has 2 rings (SSSR count). The zero-order valence-electron chi connectivity index (χ0n) is 8.21. The van der Waals surface area contributed by atoms with E-state index in [2.05, 4.69) is 24.1 Å². The fourth-order valence-electron chi connectivity index (χ4n) is 2.51. The second-order valence-corrected chi connectivity index (χ2v) is 4.39. The van der Waals surface area contributed by atoms with Crippen molar-refractivity contribution in [3.63, 3.8) is 0 Å². The maximum Gasteiger partial charge on any atom is 0.00645 e. The second-order valence-electron chi connectivity index (χ2n) is 4.39. The minimum atomic E-state index is 0.801. The van der Waals surface area contributed by atoms with Crippen LogP contribution in [-0.2, 0) is 0 Å². The molecule has 0 saturated carbocycles. The summed E-state index contributed by atoms with van der Waals surface area (Å²) in [6.45, 7) is 9.85. The molecule has 0 amide bonds. The molecule has 0 spiro atoms. The van der Waals surface area contributed by atoms with Crippen LogP contribution in [0, 0.1) is 11.8 Å². The lowest BCUT2D eigenvalue weighted by molar-refractivity contribution is 0.235. The van der Waals surface area contributed by atoms with Gasteiger partial charge in [-0.05, 0) is 38.3 Å². The Morgan fingerprint density at radius 1 is 1.33 bits per heavy atom. The molecule has 2 fully saturated rings. The summed E-state index contributed by atoms with van der Waals surface area (Å²) in [6, 6.07) is 0.801. The van der Waals surface area contributed by atoms with Gasteiger partial charge in [-0.25, -0.2) is 0 Å². The first-order chi connectivity index (χ1) is 5.81. The lowest BCUT2D eigenvalue weighted by Crippen LogP contribution is -2.33. The van der Waals surface area contributed by atoms with Crippen molar-refractivity contribution in [3.05, 3.63) is 0 Å². The fraction of sp³-hybridized carbons (Fsp3) is 1.00. The van der Waals surface area contributed by atoms with Crippen molar-refractivity contribution >= 4 is 0 Å². The fourth-order valence-corrected chi connectivity index (χ4v) is 2.51. The predicted molar refractivity (Wildman–Crippen MR) is 51.2 cm³/mol. The molecule has 2 unspecified atom stereocenters. The average Bonchev–Trinajstić information content (AvgIpc) is 2.60. The van der Waals surface area contributed by atoms with Gasteiger partial charge < -0.3 is 10.2 Å². The summed E-state index contributed by atoms with van der Waals surface area (Å²) in [5.41, 5.74) is 0. The van der Waals surface area contributed by atoms with Gasteiger partial charge in [-0.15, -0.1) is 0 Å². The van der Waals surface area contributed by atoms with Gasteiger partial charge in [0.05, 0.1) is 0 Å². The molecular weight excluding hydrogens is 148 g/mol. The van der Waals surface area contributed by atoms with Gasteiger partial charge in [-0.1, -0.05) is 6.92 Å². The lowest BCUT2D eigenvalue weighted by Gasteiger charge is -2.23. The highest BCUT2D eigenvalue weighted by atomic mass is 15.2. The van der Waals surface area contributed by atoms with Crippen LogP contribution in [0.5, 0.6) is 0 Å². The van der Waals surface area contributed by atoms with Gasteiger partial charge in [-0.3, -0.25) is 0 Å². The minimum absolute atomic E-state index is 0.801. The number of likely N-dealkylation sites (tertiary alicyclic amines) is 1. The van der Waals surface area contributed by atoms with Crippen LogP contribution in [0.3, 0.4) is 0 Å². The normalized spacial score (nSPS) is 38.5. The molecule has 70 valence electrons. The van der Waals surface area contributed by atoms with E-state index in [1.54, 1.807) is 0 Å². The van der Waals surface area contributed by atoms with Gasteiger partial charge in [-0.2, -0.15) is 0 Å². The molecule has 0 aromatic carbocycles. The smallest absolute Gasteiger partial charge is 0.00645 e. The van der Waals surface area contributed by atoms with E-state index in [0.29, 0.717) is 0 Å². The Bertz CT molecular complexity index is 146. The van der Waals surface area contributed by atoms with Gasteiger partial charge in [0.1, 0.15) is 0 Å². The molecule has 0 aromatic heterocycles. The van der Waals surface area contributed by atoms with Gasteiger partial charge >= 0.3 is 0 Å². The summed E-state index contributed by atoms with van der Waals surface area (Å²) in [5, 5.41) is 3.48. The molecule has 2 heterocycles. The Morgan fingerprint density at radius 3 is 2.42 bits per heavy atom. The number of hydrogen-bond acceptors (Lipinski definition) is 2. The van der Waals surface area contributed by atoms with Crippen LogP contribution in [0.25, 0.3) is 0 Å². The molecule has 2 saturated heterocycles. The molecule has 3 atom stereocenters. The molecule has 0 radical (unpaired) electrons. The van der Waals surface area contributed by atoms with E-state index in [0.717, 1.165) is 17.9 Å². The second kappa shape index (κ2) is 3.35. The van der Waals surface area contributed by atoms with Crippen molar-refractivity contribution < 1.29 is 0 Å². The number of rotatable bonds is 2. The summed E-state index contributed by atoms with van der Waals surface area (Å²) in [7, 11) is 0. The van der Waals surface area contributed by atoms with Crippen molar-refractivity contribution in [2.24, 2.45) is 11.8 Å². The molecule has 1 N–H and O–H groups in total. The van der Waals surface area contributed by atoms with Gasteiger partial charge in [0.2, 0.25) is 0 Å². The molecule has 0 aliphatic carbocycles. The maximum atomic E-state index is 3.48. The Labute approximate surface area is 75.3 Å². The summed E-state index contributed by atoms with van der Waals surface area (Å²) in [4.78, 5) is 2.66. The van der Waals surface area contributed by atoms with Crippen LogP contribution in [0.2, 0.25) is 0 Å². The van der Waals surface area contributed by atoms with E-state index in [4.69, 9.17) is 0 Å². The average molecular weight is 168 g/mol. The largest absolute Gasteiger partial charge is 0.316 e. The number of fused-ring (bicyclic) bond motifs is 1. The van der Waals surface area contributed by atoms with Gasteiger partial charge in [0.15, 0.2) is 0 Å². The van der Waals surface area contributed by atoms with Crippen LogP contribution >= 0.6 is 0 Å². The van der Waals surface area contributed by atoms with E-state index in [-0.39, 0.29) is 0 Å². The molecule has 2 aliphatic heterocycles. The molecule has 0 aromatic rings. The Balaban J connectivity index is 1.90. The Kier molecular flexibility index (Phi) is 2.37. The predicted octanol–water partition coefficient (Wildman–Crippen LogP) is 0.936. The highest BCUT2D eigenvalue weighted by Crippen LogP contribution is 2.27. The maximum absolute atomic E-state index is 3.48. The van der Waals surface area contributed by atoms with Crippen molar-refractivity contribution in [3.8, 4) is 0 Å². The summed E-state index contributed by atoms with van der Waals surface area (Å²) < 4.78 is 0. The van der Waals surface area contributed by atoms with Crippen LogP contribution in [0.1, 0.15) is 20.3 Å². The van der Waals surface area contributed by atoms with Crippen molar-refractivity contribution in [1.29, 1.82) is 0 Å². The lowest BCUT2D eigenvalue weighted by atomic mass is 10.0. The van der Waals surface area contributed by atoms with Crippen molar-refractivity contribution in [2.75, 3.05) is 26.2 Å². The van der Waals surface area contributed by atoms with Crippen LogP contribution < -0.4 is 5.32 Å². The van der Waals surface area contributed by atoms with Crippen LogP contribution in [-0.4, -0.2) is 37.1 Å². The number of nitrogens with one attached hydrogen (secondary N) is 1. The summed E-state index contributed by atoms with van der Waals surface area (Å²) >= 11 is 0. The quantitative estimate of drug-likeness (QED) is 0.660. The third-order valence-electron chi connectivity index (χ3n) is 3.63. The topological polar surface area (TPSA) is 15.3 Å². The number of hydrogen-bond donors (Lipinski definition) is 1. The Hall–Kier alpha value is -0.0800. The van der Waals surface area contributed by atoms with E-state index in [1.165, 1.54) is 32.6 Å². The van der Waals surface area contributed by atoms with E-state index in [9.17, 15) is 0 Å². The SMILES string of the molecule is CC[C@@H](C)N1CC2CNCC2C1. The third kappa shape index (κ3) is 1.38. The molecule has 12 heavy (non-hydrogen) atoms. The highest BCUT2D eigenvalue weighted by molar-refractivity contribution is 4.92. The van der Waals surface area contributed by atoms with E-state index >= 15 is 0 Å². The zero-order chi connectivity index (χ0) is 8.55. The Morgan fingerprint density at radius 2 is 1.92 bits per heavy atom. The van der Waals surface area contributed by atoms with Crippen molar-refractivity contribution in [2.45, 2.75) is 26.3 Å². The monoisotopic (exact) mass is 168 g/mol. The van der Waals surface area contributed by atoms with Crippen molar-refractivity contribution in [1.82, 2.24) is 10.2 Å². The number of nitrogens with zero attached hydrogens (tertiary/aromatic N) is 1. The highest BCUT2D eigenvalue weighted by Gasteiger charge is 2.37. The molecule has 2 aliphatic rings. The van der Waals surface area contributed by atoms with Crippen LogP contribution in [0.15, 0.2) is 0 Å². The standard InChI is InChI=1S/C10H20N2/c1-3-8(2)12-6-9-4-11-5-10(9)7-12/h8-11H,3-7H2,1-2H3/t8-,9?,10?/m1/s1. The zero-order valence-corrected chi connectivity index (χ0v) is 8.21. The van der Waals surface area contributed by atoms with E-state index in [1.807, 2.05) is 0 Å². The first-order valence-corrected chi connectivity index (χ1v) is 5.26. The summed E-state index contributed by atoms with van der Waals surface area (Å²) in [6.07, 6.45) is 1.30. The minimum Gasteiger partial charge on any atom is -0.316 e. The third-order valence-corrected chi connectivity index (χ3v) is 3.63.